The molecule has 0 amide bonds. The van der Waals surface area contributed by atoms with E-state index >= 15 is 0 Å². The lowest BCUT2D eigenvalue weighted by Crippen LogP contribution is -2.49. The Morgan fingerprint density at radius 2 is 2.22 bits per heavy atom. The fourth-order valence-corrected chi connectivity index (χ4v) is 4.04. The number of pyridine rings is 1. The molecule has 1 aliphatic rings. The summed E-state index contributed by atoms with van der Waals surface area (Å²) >= 11 is 1.53. The van der Waals surface area contributed by atoms with Gasteiger partial charge in [-0.3, -0.25) is 4.40 Å². The van der Waals surface area contributed by atoms with Crippen LogP contribution in [0.15, 0.2) is 45.2 Å². The van der Waals surface area contributed by atoms with E-state index in [0.717, 1.165) is 35.8 Å². The maximum absolute atomic E-state index is 12.5. The van der Waals surface area contributed by atoms with Gasteiger partial charge in [0.1, 0.15) is 5.82 Å². The van der Waals surface area contributed by atoms with Crippen LogP contribution in [-0.2, 0) is 0 Å². The molecule has 1 aliphatic heterocycles. The van der Waals surface area contributed by atoms with Crippen LogP contribution >= 0.6 is 23.7 Å². The molecule has 0 spiro atoms. The second-order valence-corrected chi connectivity index (χ2v) is 7.40. The monoisotopic (exact) mass is 403 g/mol. The number of nitrogens with one attached hydrogen (secondary N) is 1. The van der Waals surface area contributed by atoms with Gasteiger partial charge in [0.25, 0.3) is 0 Å². The molecule has 0 aliphatic carbocycles. The molecular weight excluding hydrogens is 386 g/mol. The summed E-state index contributed by atoms with van der Waals surface area (Å²) in [6.07, 6.45) is 3.76. The number of anilines is 1. The second kappa shape index (κ2) is 6.95. The number of nitrogens with zero attached hydrogens (tertiary/aromatic N) is 4. The minimum atomic E-state index is -0.415. The summed E-state index contributed by atoms with van der Waals surface area (Å²) in [5.74, 6) is 0.837. The Hall–Kier alpha value is -2.42. The van der Waals surface area contributed by atoms with Gasteiger partial charge >= 0.3 is 5.63 Å². The first-order valence-corrected chi connectivity index (χ1v) is 9.41. The predicted octanol–water partition coefficient (Wildman–Crippen LogP) is 2.78. The molecule has 1 saturated heterocycles. The topological polar surface area (TPSA) is 75.7 Å². The lowest BCUT2D eigenvalue weighted by Gasteiger charge is -2.32. The molecule has 1 fully saturated rings. The van der Waals surface area contributed by atoms with Crippen LogP contribution in [0.5, 0.6) is 0 Å². The van der Waals surface area contributed by atoms with E-state index in [1.165, 1.54) is 11.3 Å². The van der Waals surface area contributed by atoms with Crippen molar-refractivity contribution in [2.45, 2.75) is 13.0 Å². The van der Waals surface area contributed by atoms with E-state index in [2.05, 4.69) is 27.1 Å². The second-order valence-electron chi connectivity index (χ2n) is 6.53. The molecular formula is C18H18ClN5O2S. The van der Waals surface area contributed by atoms with Gasteiger partial charge in [0.05, 0.1) is 11.3 Å². The van der Waals surface area contributed by atoms with E-state index < -0.39 is 5.63 Å². The molecule has 9 heteroatoms. The summed E-state index contributed by atoms with van der Waals surface area (Å²) in [4.78, 5) is 24.6. The molecule has 5 heterocycles. The summed E-state index contributed by atoms with van der Waals surface area (Å²) in [6, 6.07) is 6.15. The fraction of sp³-hybridized carbons (Fsp3) is 0.278. The number of hydrogen-bond acceptors (Lipinski definition) is 7. The number of rotatable bonds is 2. The van der Waals surface area contributed by atoms with E-state index in [0.29, 0.717) is 23.0 Å². The Kier molecular flexibility index (Phi) is 4.63. The Morgan fingerprint density at radius 3 is 3.04 bits per heavy atom. The van der Waals surface area contributed by atoms with Crippen molar-refractivity contribution in [3.63, 3.8) is 0 Å². The number of thiazole rings is 1. The summed E-state index contributed by atoms with van der Waals surface area (Å²) in [7, 11) is 0. The van der Waals surface area contributed by atoms with Crippen molar-refractivity contribution in [1.29, 1.82) is 0 Å². The van der Waals surface area contributed by atoms with Crippen molar-refractivity contribution in [3.8, 4) is 11.3 Å². The summed E-state index contributed by atoms with van der Waals surface area (Å²) in [6.45, 7) is 4.83. The average molecular weight is 404 g/mol. The normalized spacial score (nSPS) is 17.4. The third kappa shape index (κ3) is 3.20. The Labute approximate surface area is 165 Å². The molecule has 140 valence electrons. The van der Waals surface area contributed by atoms with Gasteiger partial charge in [-0.25, -0.2) is 9.78 Å². The van der Waals surface area contributed by atoms with Crippen LogP contribution in [0.1, 0.15) is 6.92 Å². The summed E-state index contributed by atoms with van der Waals surface area (Å²) in [5, 5.41) is 6.16. The number of halogens is 1. The van der Waals surface area contributed by atoms with E-state index in [1.54, 1.807) is 0 Å². The molecule has 0 unspecified atom stereocenters. The number of fused-ring (bicyclic) bond motifs is 2. The van der Waals surface area contributed by atoms with Gasteiger partial charge < -0.3 is 14.6 Å². The molecule has 1 atom stereocenters. The van der Waals surface area contributed by atoms with Gasteiger partial charge in [0.2, 0.25) is 5.71 Å². The molecule has 1 N–H and O–H groups in total. The minimum absolute atomic E-state index is 0. The minimum Gasteiger partial charge on any atom is -0.403 e. The summed E-state index contributed by atoms with van der Waals surface area (Å²) in [5.41, 5.74) is 1.02. The van der Waals surface area contributed by atoms with Crippen LogP contribution in [0.25, 0.3) is 27.3 Å². The standard InChI is InChI=1S/C18H17N5O2S.ClH/c1-11-9-22(5-4-19-11)15-3-2-12-8-13(17(24)25-16(12)21-15)14-10-23-6-7-26-18(23)20-14;/h2-3,6-8,10-11,19H,4-5,9H2,1H3;1H/t11-;/m1./s1. The van der Waals surface area contributed by atoms with E-state index in [4.69, 9.17) is 4.42 Å². The van der Waals surface area contributed by atoms with E-state index in [-0.39, 0.29) is 12.4 Å². The Morgan fingerprint density at radius 1 is 1.33 bits per heavy atom. The van der Waals surface area contributed by atoms with E-state index in [1.807, 2.05) is 40.4 Å². The molecule has 4 aromatic heterocycles. The van der Waals surface area contributed by atoms with Crippen LogP contribution in [0.2, 0.25) is 0 Å². The van der Waals surface area contributed by atoms with Crippen molar-refractivity contribution in [2.75, 3.05) is 24.5 Å². The first-order valence-electron chi connectivity index (χ1n) is 8.53. The van der Waals surface area contributed by atoms with Crippen molar-refractivity contribution in [2.24, 2.45) is 0 Å². The third-order valence-corrected chi connectivity index (χ3v) is 5.42. The van der Waals surface area contributed by atoms with Gasteiger partial charge in [0, 0.05) is 48.8 Å². The van der Waals surface area contributed by atoms with Crippen LogP contribution < -0.4 is 15.8 Å². The van der Waals surface area contributed by atoms with Gasteiger partial charge in [0.15, 0.2) is 4.96 Å². The number of imidazole rings is 1. The van der Waals surface area contributed by atoms with Gasteiger partial charge in [-0.2, -0.15) is 4.98 Å². The summed E-state index contributed by atoms with van der Waals surface area (Å²) < 4.78 is 7.42. The van der Waals surface area contributed by atoms with Crippen LogP contribution in [0, 0.1) is 0 Å². The molecule has 0 radical (unpaired) electrons. The largest absolute Gasteiger partial charge is 0.403 e. The van der Waals surface area contributed by atoms with Crippen molar-refractivity contribution in [3.05, 3.63) is 46.4 Å². The Balaban J connectivity index is 0.00000180. The quantitative estimate of drug-likeness (QED) is 0.554. The molecule has 0 bridgehead atoms. The van der Waals surface area contributed by atoms with Crippen molar-refractivity contribution >= 4 is 45.6 Å². The zero-order valence-electron chi connectivity index (χ0n) is 14.6. The first-order chi connectivity index (χ1) is 12.7. The Bertz CT molecular complexity index is 1140. The molecule has 27 heavy (non-hydrogen) atoms. The zero-order valence-corrected chi connectivity index (χ0v) is 16.2. The third-order valence-electron chi connectivity index (χ3n) is 4.65. The molecule has 0 aromatic carbocycles. The van der Waals surface area contributed by atoms with Crippen molar-refractivity contribution < 1.29 is 4.42 Å². The van der Waals surface area contributed by atoms with Gasteiger partial charge in [-0.15, -0.1) is 23.7 Å². The number of piperazine rings is 1. The van der Waals surface area contributed by atoms with Crippen molar-refractivity contribution in [1.82, 2.24) is 19.7 Å². The van der Waals surface area contributed by atoms with Crippen LogP contribution in [0.3, 0.4) is 0 Å². The van der Waals surface area contributed by atoms with E-state index in [9.17, 15) is 4.79 Å². The van der Waals surface area contributed by atoms with Crippen LogP contribution in [-0.4, -0.2) is 40.0 Å². The van der Waals surface area contributed by atoms with Gasteiger partial charge in [-0.1, -0.05) is 0 Å². The lowest BCUT2D eigenvalue weighted by atomic mass is 10.2. The first kappa shape index (κ1) is 18.0. The maximum atomic E-state index is 12.5. The fourth-order valence-electron chi connectivity index (χ4n) is 3.34. The SMILES string of the molecule is C[C@@H]1CN(c2ccc3cc(-c4cn5ccsc5n4)c(=O)oc3n2)CCN1.Cl. The average Bonchev–Trinajstić information content (AvgIpc) is 3.22. The molecule has 4 aromatic rings. The molecule has 0 saturated carbocycles. The maximum Gasteiger partial charge on any atom is 0.347 e. The number of aromatic nitrogens is 3. The zero-order chi connectivity index (χ0) is 17.7. The highest BCUT2D eigenvalue weighted by atomic mass is 35.5. The molecule has 5 rings (SSSR count). The highest BCUT2D eigenvalue weighted by Gasteiger charge is 2.18. The lowest BCUT2D eigenvalue weighted by molar-refractivity contribution is 0.481. The predicted molar refractivity (Wildman–Crippen MR) is 109 cm³/mol. The smallest absolute Gasteiger partial charge is 0.347 e. The highest BCUT2D eigenvalue weighted by molar-refractivity contribution is 7.15. The highest BCUT2D eigenvalue weighted by Crippen LogP contribution is 2.24. The number of hydrogen-bond donors (Lipinski definition) is 1. The van der Waals surface area contributed by atoms with Crippen LogP contribution in [0.4, 0.5) is 5.82 Å². The van der Waals surface area contributed by atoms with Gasteiger partial charge in [-0.05, 0) is 25.1 Å². The molecule has 7 nitrogen and oxygen atoms in total.